The Bertz CT molecular complexity index is 549. The number of aryl methyl sites for hydroxylation is 1. The minimum absolute atomic E-state index is 0.0417. The number of benzene rings is 1. The van der Waals surface area contributed by atoms with Crippen LogP contribution in [0.25, 0.3) is 0 Å². The summed E-state index contributed by atoms with van der Waals surface area (Å²) < 4.78 is 0. The highest BCUT2D eigenvalue weighted by Crippen LogP contribution is 2.44. The van der Waals surface area contributed by atoms with Gasteiger partial charge in [-0.3, -0.25) is 9.59 Å². The quantitative estimate of drug-likeness (QED) is 0.875. The van der Waals surface area contributed by atoms with Crippen LogP contribution >= 0.6 is 0 Å². The molecule has 2 atom stereocenters. The lowest BCUT2D eigenvalue weighted by atomic mass is 9.63. The highest BCUT2D eigenvalue weighted by Gasteiger charge is 2.46. The lowest BCUT2D eigenvalue weighted by Crippen LogP contribution is -2.53. The number of amides is 1. The largest absolute Gasteiger partial charge is 0.481 e. The lowest BCUT2D eigenvalue weighted by Gasteiger charge is -2.41. The van der Waals surface area contributed by atoms with Gasteiger partial charge in [0, 0.05) is 6.04 Å². The Balaban J connectivity index is 2.17. The van der Waals surface area contributed by atoms with Gasteiger partial charge in [-0.05, 0) is 39.2 Å². The van der Waals surface area contributed by atoms with Crippen molar-refractivity contribution in [1.82, 2.24) is 5.32 Å². The molecule has 0 radical (unpaired) electrons. The van der Waals surface area contributed by atoms with Crippen LogP contribution in [0.2, 0.25) is 0 Å². The van der Waals surface area contributed by atoms with Gasteiger partial charge >= 0.3 is 5.97 Å². The number of carboxylic acid groups (broad SMARTS) is 1. The van der Waals surface area contributed by atoms with Crippen molar-refractivity contribution >= 4 is 11.9 Å². The topological polar surface area (TPSA) is 66.4 Å². The smallest absolute Gasteiger partial charge is 0.308 e. The predicted octanol–water partition coefficient (Wildman–Crippen LogP) is 2.64. The molecule has 114 valence electrons. The molecule has 2 unspecified atom stereocenters. The van der Waals surface area contributed by atoms with Crippen LogP contribution in [-0.2, 0) is 15.0 Å². The van der Waals surface area contributed by atoms with Crippen LogP contribution in [0.15, 0.2) is 24.3 Å². The summed E-state index contributed by atoms with van der Waals surface area (Å²) in [6, 6.07) is 7.67. The minimum Gasteiger partial charge on any atom is -0.481 e. The number of rotatable bonds is 5. The Labute approximate surface area is 125 Å². The van der Waals surface area contributed by atoms with Crippen molar-refractivity contribution < 1.29 is 14.7 Å². The Morgan fingerprint density at radius 3 is 2.43 bits per heavy atom. The maximum Gasteiger partial charge on any atom is 0.308 e. The van der Waals surface area contributed by atoms with Gasteiger partial charge in [0.2, 0.25) is 5.91 Å². The molecule has 0 heterocycles. The summed E-state index contributed by atoms with van der Waals surface area (Å²) in [5.74, 6) is -1.52. The summed E-state index contributed by atoms with van der Waals surface area (Å²) >= 11 is 0. The molecule has 1 saturated carbocycles. The molecule has 4 nitrogen and oxygen atoms in total. The van der Waals surface area contributed by atoms with E-state index in [-0.39, 0.29) is 11.9 Å². The van der Waals surface area contributed by atoms with Crippen LogP contribution in [0.3, 0.4) is 0 Å². The van der Waals surface area contributed by atoms with Gasteiger partial charge in [-0.1, -0.05) is 36.2 Å². The summed E-state index contributed by atoms with van der Waals surface area (Å²) in [4.78, 5) is 23.7. The molecule has 1 aromatic rings. The van der Waals surface area contributed by atoms with Gasteiger partial charge in [0.15, 0.2) is 0 Å². The molecule has 0 saturated heterocycles. The molecule has 0 aromatic heterocycles. The van der Waals surface area contributed by atoms with Gasteiger partial charge in [0.05, 0.1) is 11.3 Å². The third-order valence-electron chi connectivity index (χ3n) is 4.71. The van der Waals surface area contributed by atoms with Gasteiger partial charge < -0.3 is 10.4 Å². The highest BCUT2D eigenvalue weighted by atomic mass is 16.4. The van der Waals surface area contributed by atoms with E-state index in [4.69, 9.17) is 5.11 Å². The third-order valence-corrected chi connectivity index (χ3v) is 4.71. The molecule has 4 heteroatoms. The van der Waals surface area contributed by atoms with Gasteiger partial charge in [-0.25, -0.2) is 0 Å². The van der Waals surface area contributed by atoms with E-state index in [1.54, 1.807) is 13.8 Å². The SMILES string of the molecule is Cc1cccc(C2(C(=O)NC(C)C(C)C(=O)O)CCC2)c1. The zero-order valence-electron chi connectivity index (χ0n) is 12.8. The minimum atomic E-state index is -0.888. The van der Waals surface area contributed by atoms with Crippen LogP contribution in [0.5, 0.6) is 0 Å². The number of hydrogen-bond acceptors (Lipinski definition) is 2. The molecule has 1 aliphatic carbocycles. The highest BCUT2D eigenvalue weighted by molar-refractivity contribution is 5.90. The monoisotopic (exact) mass is 289 g/mol. The van der Waals surface area contributed by atoms with E-state index in [0.717, 1.165) is 30.4 Å². The van der Waals surface area contributed by atoms with Gasteiger partial charge in [0.1, 0.15) is 0 Å². The normalized spacial score (nSPS) is 19.2. The number of carbonyl (C=O) groups excluding carboxylic acids is 1. The number of nitrogens with one attached hydrogen (secondary N) is 1. The standard InChI is InChI=1S/C17H23NO3/c1-11-6-4-7-14(10-11)17(8-5-9-17)16(21)18-13(3)12(2)15(19)20/h4,6-7,10,12-13H,5,8-9H2,1-3H3,(H,18,21)(H,19,20). The van der Waals surface area contributed by atoms with E-state index in [0.29, 0.717) is 0 Å². The molecule has 1 aliphatic rings. The fourth-order valence-electron chi connectivity index (χ4n) is 2.80. The summed E-state index contributed by atoms with van der Waals surface area (Å²) in [5.41, 5.74) is 1.71. The van der Waals surface area contributed by atoms with Crippen molar-refractivity contribution in [3.05, 3.63) is 35.4 Å². The first kappa shape index (κ1) is 15.5. The van der Waals surface area contributed by atoms with E-state index in [1.807, 2.05) is 25.1 Å². The van der Waals surface area contributed by atoms with Crippen molar-refractivity contribution in [2.45, 2.75) is 51.5 Å². The average molecular weight is 289 g/mol. The number of carbonyl (C=O) groups is 2. The molecule has 0 spiro atoms. The molecule has 2 N–H and O–H groups in total. The Kier molecular flexibility index (Phi) is 4.35. The molecule has 0 bridgehead atoms. The van der Waals surface area contributed by atoms with Crippen molar-refractivity contribution in [2.24, 2.45) is 5.92 Å². The van der Waals surface area contributed by atoms with Gasteiger partial charge in [-0.2, -0.15) is 0 Å². The Hall–Kier alpha value is -1.84. The van der Waals surface area contributed by atoms with E-state index in [1.165, 1.54) is 0 Å². The zero-order chi connectivity index (χ0) is 15.6. The number of carboxylic acids is 1. The van der Waals surface area contributed by atoms with Crippen LogP contribution in [0, 0.1) is 12.8 Å². The summed E-state index contributed by atoms with van der Waals surface area (Å²) in [7, 11) is 0. The molecular formula is C17H23NO3. The van der Waals surface area contributed by atoms with Crippen molar-refractivity contribution in [1.29, 1.82) is 0 Å². The zero-order valence-corrected chi connectivity index (χ0v) is 12.8. The third kappa shape index (κ3) is 2.94. The van der Waals surface area contributed by atoms with E-state index in [2.05, 4.69) is 11.4 Å². The molecule has 2 rings (SSSR count). The van der Waals surface area contributed by atoms with E-state index < -0.39 is 17.3 Å². The fraction of sp³-hybridized carbons (Fsp3) is 0.529. The Morgan fingerprint density at radius 1 is 1.29 bits per heavy atom. The van der Waals surface area contributed by atoms with Gasteiger partial charge in [-0.15, -0.1) is 0 Å². The summed E-state index contributed by atoms with van der Waals surface area (Å²) in [6.07, 6.45) is 2.69. The maximum atomic E-state index is 12.7. The molecular weight excluding hydrogens is 266 g/mol. The second-order valence-corrected chi connectivity index (χ2v) is 6.19. The van der Waals surface area contributed by atoms with E-state index >= 15 is 0 Å². The van der Waals surface area contributed by atoms with E-state index in [9.17, 15) is 9.59 Å². The van der Waals surface area contributed by atoms with Crippen LogP contribution in [-0.4, -0.2) is 23.0 Å². The summed E-state index contributed by atoms with van der Waals surface area (Å²) in [5, 5.41) is 11.9. The first-order valence-electron chi connectivity index (χ1n) is 7.48. The van der Waals surface area contributed by atoms with Crippen LogP contribution < -0.4 is 5.32 Å². The average Bonchev–Trinajstić information content (AvgIpc) is 2.36. The number of hydrogen-bond donors (Lipinski definition) is 2. The Morgan fingerprint density at radius 2 is 1.95 bits per heavy atom. The van der Waals surface area contributed by atoms with Crippen LogP contribution in [0.4, 0.5) is 0 Å². The van der Waals surface area contributed by atoms with Crippen molar-refractivity contribution in [2.75, 3.05) is 0 Å². The lowest BCUT2D eigenvalue weighted by molar-refractivity contribution is -0.142. The van der Waals surface area contributed by atoms with Crippen LogP contribution in [0.1, 0.15) is 44.2 Å². The predicted molar refractivity (Wildman–Crippen MR) is 81.1 cm³/mol. The number of aliphatic carboxylic acids is 1. The second kappa shape index (κ2) is 5.88. The first-order valence-corrected chi connectivity index (χ1v) is 7.48. The van der Waals surface area contributed by atoms with Gasteiger partial charge in [0.25, 0.3) is 0 Å². The van der Waals surface area contributed by atoms with Crippen molar-refractivity contribution in [3.63, 3.8) is 0 Å². The molecule has 21 heavy (non-hydrogen) atoms. The second-order valence-electron chi connectivity index (χ2n) is 6.19. The fourth-order valence-corrected chi connectivity index (χ4v) is 2.80. The molecule has 1 aromatic carbocycles. The molecule has 1 amide bonds. The maximum absolute atomic E-state index is 12.7. The molecule has 1 fully saturated rings. The first-order chi connectivity index (χ1) is 9.86. The summed E-state index contributed by atoms with van der Waals surface area (Å²) in [6.45, 7) is 5.38. The molecule has 0 aliphatic heterocycles. The van der Waals surface area contributed by atoms with Crippen molar-refractivity contribution in [3.8, 4) is 0 Å².